The Morgan fingerprint density at radius 1 is 1.32 bits per heavy atom. The third-order valence-electron chi connectivity index (χ3n) is 3.67. The van der Waals surface area contributed by atoms with E-state index in [9.17, 15) is 14.0 Å². The molecule has 3 rings (SSSR count). The van der Waals surface area contributed by atoms with Crippen LogP contribution >= 0.6 is 0 Å². The molecule has 0 amide bonds. The van der Waals surface area contributed by atoms with Gasteiger partial charge in [0, 0.05) is 11.6 Å². The number of nitrogens with one attached hydrogen (secondary N) is 1. The lowest BCUT2D eigenvalue weighted by Crippen LogP contribution is -2.33. The Kier molecular flexibility index (Phi) is 2.59. The van der Waals surface area contributed by atoms with Gasteiger partial charge in [-0.05, 0) is 31.4 Å². The van der Waals surface area contributed by atoms with E-state index in [2.05, 4.69) is 16.0 Å². The second kappa shape index (κ2) is 4.16. The van der Waals surface area contributed by atoms with Crippen LogP contribution in [0.4, 0.5) is 8.78 Å². The van der Waals surface area contributed by atoms with Gasteiger partial charge in [-0.1, -0.05) is 0 Å². The molecule has 0 bridgehead atoms. The zero-order valence-corrected chi connectivity index (χ0v) is 10.1. The van der Waals surface area contributed by atoms with Gasteiger partial charge in [0.05, 0.1) is 18.0 Å². The van der Waals surface area contributed by atoms with E-state index < -0.39 is 17.0 Å². The van der Waals surface area contributed by atoms with Crippen molar-refractivity contribution in [1.29, 1.82) is 5.26 Å². The maximum absolute atomic E-state index is 13.7. The average molecular weight is 259 g/mol. The summed E-state index contributed by atoms with van der Waals surface area (Å²) in [6, 6.07) is 5.66. The van der Waals surface area contributed by atoms with Crippen LogP contribution in [0.5, 0.6) is 0 Å². The summed E-state index contributed by atoms with van der Waals surface area (Å²) in [5.74, 6) is -0.691. The van der Waals surface area contributed by atoms with Crippen LogP contribution in [-0.4, -0.2) is 9.97 Å². The summed E-state index contributed by atoms with van der Waals surface area (Å²) in [7, 11) is 0. The number of aromatic nitrogens is 2. The van der Waals surface area contributed by atoms with Crippen molar-refractivity contribution >= 4 is 0 Å². The summed E-state index contributed by atoms with van der Waals surface area (Å²) in [6.07, 6.45) is 4.02. The second-order valence-electron chi connectivity index (χ2n) is 4.82. The van der Waals surface area contributed by atoms with Crippen LogP contribution < -0.4 is 0 Å². The van der Waals surface area contributed by atoms with Gasteiger partial charge in [0.25, 0.3) is 0 Å². The molecular formula is C14H11F2N3. The molecule has 1 aliphatic rings. The Morgan fingerprint density at radius 2 is 2.11 bits per heavy atom. The predicted octanol–water partition coefficient (Wildman–Crippen LogP) is 3.30. The number of benzene rings is 1. The number of nitriles is 1. The molecule has 0 saturated heterocycles. The van der Waals surface area contributed by atoms with Crippen molar-refractivity contribution in [3.8, 4) is 17.3 Å². The maximum Gasteiger partial charge on any atom is 0.135 e. The van der Waals surface area contributed by atoms with Gasteiger partial charge in [-0.25, -0.2) is 13.8 Å². The fourth-order valence-electron chi connectivity index (χ4n) is 2.34. The zero-order chi connectivity index (χ0) is 13.5. The molecule has 2 aromatic rings. The smallest absolute Gasteiger partial charge is 0.135 e. The summed E-state index contributed by atoms with van der Waals surface area (Å²) in [6.45, 7) is 0. The first-order valence-corrected chi connectivity index (χ1v) is 6.07. The Morgan fingerprint density at radius 3 is 2.68 bits per heavy atom. The van der Waals surface area contributed by atoms with Gasteiger partial charge in [-0.3, -0.25) is 0 Å². The summed E-state index contributed by atoms with van der Waals surface area (Å²) in [5.41, 5.74) is 0.163. The number of H-pyrrole nitrogens is 1. The molecule has 3 nitrogen and oxygen atoms in total. The summed E-state index contributed by atoms with van der Waals surface area (Å²) in [4.78, 5) is 7.17. The number of halogens is 2. The average Bonchev–Trinajstić information content (AvgIpc) is 2.78. The Labute approximate surface area is 108 Å². The van der Waals surface area contributed by atoms with Crippen LogP contribution in [0, 0.1) is 23.0 Å². The third kappa shape index (κ3) is 1.80. The monoisotopic (exact) mass is 259 g/mol. The van der Waals surface area contributed by atoms with Crippen molar-refractivity contribution < 1.29 is 8.78 Å². The minimum atomic E-state index is -0.644. The number of nitrogens with zero attached hydrogens (tertiary/aromatic N) is 2. The molecule has 0 unspecified atom stereocenters. The predicted molar refractivity (Wildman–Crippen MR) is 65.1 cm³/mol. The van der Waals surface area contributed by atoms with E-state index in [4.69, 9.17) is 0 Å². The highest BCUT2D eigenvalue weighted by atomic mass is 19.1. The molecule has 1 heterocycles. The number of aromatic amines is 1. The van der Waals surface area contributed by atoms with Crippen molar-refractivity contribution in [2.45, 2.75) is 24.7 Å². The number of imidazole rings is 1. The number of hydrogen-bond donors (Lipinski definition) is 1. The molecule has 1 aromatic carbocycles. The molecule has 1 aliphatic carbocycles. The Hall–Kier alpha value is -2.22. The lowest BCUT2D eigenvalue weighted by Gasteiger charge is -2.32. The van der Waals surface area contributed by atoms with Crippen LogP contribution in [0.15, 0.2) is 24.4 Å². The minimum absolute atomic E-state index is 0.257. The molecule has 1 aromatic heterocycles. The van der Waals surface area contributed by atoms with E-state index in [0.29, 0.717) is 11.5 Å². The van der Waals surface area contributed by atoms with Gasteiger partial charge < -0.3 is 4.98 Å². The summed E-state index contributed by atoms with van der Waals surface area (Å²) in [5, 5.41) is 9.23. The topological polar surface area (TPSA) is 52.5 Å². The van der Waals surface area contributed by atoms with E-state index >= 15 is 0 Å². The Bertz CT molecular complexity index is 666. The van der Waals surface area contributed by atoms with Crippen LogP contribution in [-0.2, 0) is 5.41 Å². The first-order valence-electron chi connectivity index (χ1n) is 6.07. The van der Waals surface area contributed by atoms with E-state index in [1.165, 1.54) is 18.3 Å². The highest BCUT2D eigenvalue weighted by molar-refractivity contribution is 5.59. The number of hydrogen-bond acceptors (Lipinski definition) is 2. The van der Waals surface area contributed by atoms with Crippen LogP contribution in [0.1, 0.15) is 25.1 Å². The van der Waals surface area contributed by atoms with Crippen molar-refractivity contribution in [1.82, 2.24) is 9.97 Å². The van der Waals surface area contributed by atoms with Gasteiger partial charge in [0.2, 0.25) is 0 Å². The second-order valence-corrected chi connectivity index (χ2v) is 4.82. The zero-order valence-electron chi connectivity index (χ0n) is 10.1. The normalized spacial score (nSPS) is 16.7. The summed E-state index contributed by atoms with van der Waals surface area (Å²) >= 11 is 0. The quantitative estimate of drug-likeness (QED) is 0.899. The maximum atomic E-state index is 13.7. The molecular weight excluding hydrogens is 248 g/mol. The molecule has 1 N–H and O–H groups in total. The third-order valence-corrected chi connectivity index (χ3v) is 3.67. The number of rotatable bonds is 2. The first-order chi connectivity index (χ1) is 9.14. The lowest BCUT2D eigenvalue weighted by atomic mass is 9.69. The van der Waals surface area contributed by atoms with E-state index in [0.717, 1.165) is 25.3 Å². The van der Waals surface area contributed by atoms with E-state index in [1.54, 1.807) is 0 Å². The van der Waals surface area contributed by atoms with Crippen LogP contribution in [0.2, 0.25) is 0 Å². The fraction of sp³-hybridized carbons (Fsp3) is 0.286. The van der Waals surface area contributed by atoms with Crippen LogP contribution in [0.3, 0.4) is 0 Å². The molecule has 0 aliphatic heterocycles. The standard InChI is InChI=1S/C14H11F2N3/c15-9-2-3-10(11(16)6-9)12-7-18-13(19-12)14(8-17)4-1-5-14/h2-3,6-7H,1,4-5H2,(H,18,19). The minimum Gasteiger partial charge on any atom is -0.341 e. The molecule has 96 valence electrons. The highest BCUT2D eigenvalue weighted by Crippen LogP contribution is 2.42. The van der Waals surface area contributed by atoms with Crippen molar-refractivity contribution in [3.05, 3.63) is 41.9 Å². The molecule has 1 fully saturated rings. The van der Waals surface area contributed by atoms with Gasteiger partial charge in [-0.2, -0.15) is 5.26 Å². The van der Waals surface area contributed by atoms with Gasteiger partial charge >= 0.3 is 0 Å². The summed E-state index contributed by atoms with van der Waals surface area (Å²) < 4.78 is 26.5. The molecule has 0 radical (unpaired) electrons. The van der Waals surface area contributed by atoms with E-state index in [-0.39, 0.29) is 5.56 Å². The molecule has 5 heteroatoms. The SMILES string of the molecule is N#CC1(c2ncc(-c3ccc(F)cc3F)[nH]2)CCC1. The van der Waals surface area contributed by atoms with Crippen molar-refractivity contribution in [2.24, 2.45) is 0 Å². The van der Waals surface area contributed by atoms with Gasteiger partial charge in [-0.15, -0.1) is 0 Å². The molecule has 1 saturated carbocycles. The van der Waals surface area contributed by atoms with Gasteiger partial charge in [0.1, 0.15) is 22.9 Å². The first kappa shape index (κ1) is 11.8. The highest BCUT2D eigenvalue weighted by Gasteiger charge is 2.41. The molecule has 0 atom stereocenters. The molecule has 19 heavy (non-hydrogen) atoms. The fourth-order valence-corrected chi connectivity index (χ4v) is 2.34. The van der Waals surface area contributed by atoms with Crippen molar-refractivity contribution in [2.75, 3.05) is 0 Å². The Balaban J connectivity index is 2.00. The lowest BCUT2D eigenvalue weighted by molar-refractivity contribution is 0.309. The van der Waals surface area contributed by atoms with E-state index in [1.807, 2.05) is 0 Å². The largest absolute Gasteiger partial charge is 0.341 e. The van der Waals surface area contributed by atoms with Crippen LogP contribution in [0.25, 0.3) is 11.3 Å². The molecule has 0 spiro atoms. The van der Waals surface area contributed by atoms with Gasteiger partial charge in [0.15, 0.2) is 0 Å². The van der Waals surface area contributed by atoms with Crippen molar-refractivity contribution in [3.63, 3.8) is 0 Å².